The highest BCUT2D eigenvalue weighted by atomic mass is 28.4. The average molecular weight is 334 g/mol. The van der Waals surface area contributed by atoms with Crippen molar-refractivity contribution in [1.82, 2.24) is 0 Å². The van der Waals surface area contributed by atoms with Crippen LogP contribution in [0.5, 0.6) is 0 Å². The van der Waals surface area contributed by atoms with Crippen LogP contribution in [0.15, 0.2) is 30.3 Å². The van der Waals surface area contributed by atoms with E-state index >= 15 is 0 Å². The fourth-order valence-corrected chi connectivity index (χ4v) is 4.92. The first kappa shape index (κ1) is 18.7. The van der Waals surface area contributed by atoms with E-state index < -0.39 is 8.32 Å². The van der Waals surface area contributed by atoms with Crippen LogP contribution in [0.2, 0.25) is 18.5 Å². The third-order valence-corrected chi connectivity index (χ3v) is 9.00. The molecule has 1 aliphatic heterocycles. The largest absolute Gasteiger partial charge is 0.460 e. The Labute approximate surface area is 143 Å². The van der Waals surface area contributed by atoms with Crippen LogP contribution in [-0.4, -0.2) is 33.7 Å². The molecule has 0 aliphatic carbocycles. The van der Waals surface area contributed by atoms with Crippen molar-refractivity contribution in [2.75, 3.05) is 7.11 Å². The summed E-state index contributed by atoms with van der Waals surface area (Å²) in [6.07, 6.45) is 2.04. The van der Waals surface area contributed by atoms with Crippen LogP contribution in [0.3, 0.4) is 0 Å². The van der Waals surface area contributed by atoms with E-state index in [1.54, 1.807) is 0 Å². The summed E-state index contributed by atoms with van der Waals surface area (Å²) in [4.78, 5) is 0. The van der Waals surface area contributed by atoms with Crippen molar-refractivity contribution in [1.29, 1.82) is 0 Å². The summed E-state index contributed by atoms with van der Waals surface area (Å²) in [6.45, 7) is 13.0. The maximum Gasteiger partial charge on any atom is 0.460 e. The van der Waals surface area contributed by atoms with Crippen molar-refractivity contribution < 1.29 is 13.7 Å². The van der Waals surface area contributed by atoms with Crippen molar-refractivity contribution in [3.8, 4) is 0 Å². The monoisotopic (exact) mass is 334 g/mol. The Morgan fingerprint density at radius 3 is 2.04 bits per heavy atom. The second-order valence-corrected chi connectivity index (χ2v) is 12.4. The van der Waals surface area contributed by atoms with Crippen molar-refractivity contribution >= 4 is 15.4 Å². The predicted molar refractivity (Wildman–Crippen MR) is 99.1 cm³/mol. The number of benzene rings is 1. The number of aryl methyl sites for hydroxylation is 1. The third-order valence-electron chi connectivity index (χ3n) is 5.61. The lowest BCUT2D eigenvalue weighted by atomic mass is 9.80. The summed E-state index contributed by atoms with van der Waals surface area (Å²) < 4.78 is 18.6. The van der Waals surface area contributed by atoms with Crippen molar-refractivity contribution in [3.05, 3.63) is 35.9 Å². The molecule has 0 unspecified atom stereocenters. The summed E-state index contributed by atoms with van der Waals surface area (Å²) in [5, 5.41) is 0. The highest BCUT2D eigenvalue weighted by Gasteiger charge is 2.57. The second kappa shape index (κ2) is 6.71. The van der Waals surface area contributed by atoms with Gasteiger partial charge < -0.3 is 13.7 Å². The summed E-state index contributed by atoms with van der Waals surface area (Å²) in [5.41, 5.74) is 1.07. The van der Waals surface area contributed by atoms with Gasteiger partial charge in [-0.15, -0.1) is 0 Å². The first-order valence-electron chi connectivity index (χ1n) is 8.54. The van der Waals surface area contributed by atoms with Crippen molar-refractivity contribution in [3.63, 3.8) is 0 Å². The van der Waals surface area contributed by atoms with Gasteiger partial charge in [0.1, 0.15) is 0 Å². The molecular weight excluding hydrogens is 303 g/mol. The smallest absolute Gasteiger partial charge is 0.421 e. The first-order chi connectivity index (χ1) is 10.6. The minimum absolute atomic E-state index is 0.190. The quantitative estimate of drug-likeness (QED) is 0.718. The molecular formula is C18H31BO3Si. The molecule has 0 saturated carbocycles. The summed E-state index contributed by atoms with van der Waals surface area (Å²) in [6, 6.07) is 10.6. The highest BCUT2D eigenvalue weighted by molar-refractivity contribution is 6.83. The molecule has 23 heavy (non-hydrogen) atoms. The molecule has 0 aromatic heterocycles. The van der Waals surface area contributed by atoms with E-state index in [2.05, 4.69) is 71.1 Å². The van der Waals surface area contributed by atoms with Gasteiger partial charge in [-0.2, -0.15) is 0 Å². The molecule has 3 nitrogen and oxygen atoms in total. The lowest BCUT2D eigenvalue weighted by Crippen LogP contribution is -2.45. The average Bonchev–Trinajstić information content (AvgIpc) is 2.68. The maximum atomic E-state index is 6.34. The van der Waals surface area contributed by atoms with E-state index in [1.165, 1.54) is 5.56 Å². The molecule has 0 amide bonds. The van der Waals surface area contributed by atoms with Crippen molar-refractivity contribution in [2.24, 2.45) is 0 Å². The van der Waals surface area contributed by atoms with Gasteiger partial charge in [-0.3, -0.25) is 0 Å². The Balaban J connectivity index is 2.16. The van der Waals surface area contributed by atoms with Crippen LogP contribution >= 0.6 is 0 Å². The minimum atomic E-state index is -1.90. The number of rotatable bonds is 6. The van der Waals surface area contributed by atoms with E-state index in [-0.39, 0.29) is 18.3 Å². The lowest BCUT2D eigenvalue weighted by Gasteiger charge is -2.32. The highest BCUT2D eigenvalue weighted by Crippen LogP contribution is 2.43. The van der Waals surface area contributed by atoms with Gasteiger partial charge in [0.25, 0.3) is 0 Å². The van der Waals surface area contributed by atoms with E-state index in [0.717, 1.165) is 12.8 Å². The van der Waals surface area contributed by atoms with Crippen LogP contribution in [-0.2, 0) is 20.2 Å². The first-order valence-corrected chi connectivity index (χ1v) is 11.5. The third kappa shape index (κ3) is 4.08. The van der Waals surface area contributed by atoms with Crippen LogP contribution in [0, 0.1) is 0 Å². The molecule has 1 aliphatic rings. The van der Waals surface area contributed by atoms with E-state index in [1.807, 2.05) is 7.11 Å². The number of hydrogen-bond donors (Lipinski definition) is 0. The zero-order valence-electron chi connectivity index (χ0n) is 15.7. The van der Waals surface area contributed by atoms with Gasteiger partial charge in [0.2, 0.25) is 0 Å². The molecule has 1 atom stereocenters. The van der Waals surface area contributed by atoms with E-state index in [4.69, 9.17) is 13.7 Å². The molecule has 0 radical (unpaired) electrons. The molecule has 1 aromatic rings. The van der Waals surface area contributed by atoms with Gasteiger partial charge in [0.05, 0.1) is 11.2 Å². The van der Waals surface area contributed by atoms with Gasteiger partial charge in [-0.1, -0.05) is 30.3 Å². The summed E-state index contributed by atoms with van der Waals surface area (Å²) >= 11 is 0. The molecule has 1 aromatic carbocycles. The zero-order chi connectivity index (χ0) is 17.3. The van der Waals surface area contributed by atoms with Crippen LogP contribution in [0.1, 0.15) is 39.7 Å². The Kier molecular flexibility index (Phi) is 5.46. The molecule has 0 spiro atoms. The zero-order valence-corrected chi connectivity index (χ0v) is 16.7. The van der Waals surface area contributed by atoms with Crippen LogP contribution in [0.25, 0.3) is 0 Å². The summed E-state index contributed by atoms with van der Waals surface area (Å²) in [7, 11) is -0.264. The SMILES string of the molecule is CO[Si](C)(C)[C@@H](CCc1ccccc1)B1OC(C)(C)C(C)(C)O1. The Morgan fingerprint density at radius 1 is 1.04 bits per heavy atom. The van der Waals surface area contributed by atoms with Crippen LogP contribution in [0.4, 0.5) is 0 Å². The molecule has 1 fully saturated rings. The standard InChI is InChI=1S/C18H31BO3Si/c1-17(2)18(3,4)22-19(21-17)16(23(6,7)20-5)14-13-15-11-9-8-10-12-15/h8-12,16H,13-14H2,1-7H3/t16-/m0/s1. The van der Waals surface area contributed by atoms with Gasteiger partial charge >= 0.3 is 7.12 Å². The fourth-order valence-electron chi connectivity index (χ4n) is 2.98. The van der Waals surface area contributed by atoms with Gasteiger partial charge in [-0.25, -0.2) is 0 Å². The Bertz CT molecular complexity index is 500. The molecule has 2 rings (SSSR count). The van der Waals surface area contributed by atoms with E-state index in [0.29, 0.717) is 5.44 Å². The normalized spacial score (nSPS) is 21.4. The van der Waals surface area contributed by atoms with Gasteiger partial charge in [0, 0.05) is 12.6 Å². The minimum Gasteiger partial charge on any atom is -0.421 e. The topological polar surface area (TPSA) is 27.7 Å². The molecule has 5 heteroatoms. The van der Waals surface area contributed by atoms with Gasteiger partial charge in [0.15, 0.2) is 8.32 Å². The molecule has 128 valence electrons. The van der Waals surface area contributed by atoms with E-state index in [9.17, 15) is 0 Å². The predicted octanol–water partition coefficient (Wildman–Crippen LogP) is 4.47. The second-order valence-electron chi connectivity index (χ2n) is 8.06. The summed E-state index contributed by atoms with van der Waals surface area (Å²) in [5.74, 6) is 0. The maximum absolute atomic E-state index is 6.34. The lowest BCUT2D eigenvalue weighted by molar-refractivity contribution is 0.00578. The van der Waals surface area contributed by atoms with Gasteiger partial charge in [-0.05, 0) is 59.2 Å². The molecule has 0 N–H and O–H groups in total. The Hall–Kier alpha value is -0.618. The molecule has 1 heterocycles. The molecule has 0 bridgehead atoms. The number of hydrogen-bond acceptors (Lipinski definition) is 3. The molecule has 1 saturated heterocycles. The van der Waals surface area contributed by atoms with Crippen LogP contribution < -0.4 is 0 Å². The Morgan fingerprint density at radius 2 is 1.57 bits per heavy atom. The van der Waals surface area contributed by atoms with Crippen molar-refractivity contribution in [2.45, 2.75) is 70.3 Å². The fraction of sp³-hybridized carbons (Fsp3) is 0.667.